The second kappa shape index (κ2) is 3.62. The Hall–Kier alpha value is -2.30. The van der Waals surface area contributed by atoms with Gasteiger partial charge >= 0.3 is 0 Å². The lowest BCUT2D eigenvalue weighted by molar-refractivity contribution is 0.711. The van der Waals surface area contributed by atoms with Gasteiger partial charge in [0.05, 0.1) is 12.1 Å². The molecule has 0 saturated carbocycles. The van der Waals surface area contributed by atoms with E-state index in [1.807, 2.05) is 37.6 Å². The van der Waals surface area contributed by atoms with Crippen LogP contribution in [0, 0.1) is 0 Å². The van der Waals surface area contributed by atoms with Gasteiger partial charge in [-0.3, -0.25) is 4.68 Å². The van der Waals surface area contributed by atoms with Gasteiger partial charge in [-0.25, -0.2) is 0 Å². The largest absolute Gasteiger partial charge is 0.399 e. The van der Waals surface area contributed by atoms with Crippen LogP contribution in [0.3, 0.4) is 0 Å². The van der Waals surface area contributed by atoms with E-state index in [2.05, 4.69) is 20.9 Å². The summed E-state index contributed by atoms with van der Waals surface area (Å²) in [4.78, 5) is 0. The van der Waals surface area contributed by atoms with E-state index >= 15 is 0 Å². The van der Waals surface area contributed by atoms with E-state index in [0.29, 0.717) is 6.54 Å². The Morgan fingerprint density at radius 3 is 2.94 bits per heavy atom. The molecule has 3 aromatic rings. The quantitative estimate of drug-likeness (QED) is 0.673. The topological polar surface area (TPSA) is 61.7 Å². The predicted octanol–water partition coefficient (Wildman–Crippen LogP) is 1.40. The number of anilines is 1. The molecule has 5 nitrogen and oxygen atoms in total. The Morgan fingerprint density at radius 2 is 2.18 bits per heavy atom. The molecule has 0 aliphatic carbocycles. The normalized spacial score (nSPS) is 11.1. The summed E-state index contributed by atoms with van der Waals surface area (Å²) in [5.74, 6) is 0. The van der Waals surface area contributed by atoms with Crippen LogP contribution in [0.1, 0.15) is 5.69 Å². The second-order valence-corrected chi connectivity index (χ2v) is 4.15. The molecule has 0 fully saturated rings. The van der Waals surface area contributed by atoms with Crippen LogP contribution in [-0.2, 0) is 13.6 Å². The molecule has 17 heavy (non-hydrogen) atoms. The molecule has 5 heteroatoms. The first-order chi connectivity index (χ1) is 8.22. The summed E-state index contributed by atoms with van der Waals surface area (Å²) in [5.41, 5.74) is 8.64. The minimum absolute atomic E-state index is 0.709. The van der Waals surface area contributed by atoms with E-state index in [1.165, 1.54) is 5.39 Å². The number of aryl methyl sites for hydroxylation is 1. The highest BCUT2D eigenvalue weighted by Crippen LogP contribution is 2.19. The van der Waals surface area contributed by atoms with E-state index < -0.39 is 0 Å². The molecule has 0 bridgehead atoms. The summed E-state index contributed by atoms with van der Waals surface area (Å²) in [6.45, 7) is 0.709. The number of benzene rings is 1. The highest BCUT2D eigenvalue weighted by molar-refractivity contribution is 5.83. The zero-order chi connectivity index (χ0) is 11.8. The van der Waals surface area contributed by atoms with Crippen LogP contribution in [0.5, 0.6) is 0 Å². The van der Waals surface area contributed by atoms with Gasteiger partial charge in [0.25, 0.3) is 0 Å². The van der Waals surface area contributed by atoms with E-state index in [1.54, 1.807) is 4.68 Å². The van der Waals surface area contributed by atoms with Crippen LogP contribution in [0.15, 0.2) is 36.7 Å². The molecule has 1 aromatic carbocycles. The highest BCUT2D eigenvalue weighted by atomic mass is 15.4. The molecule has 0 amide bonds. The highest BCUT2D eigenvalue weighted by Gasteiger charge is 2.04. The van der Waals surface area contributed by atoms with Gasteiger partial charge in [0.2, 0.25) is 0 Å². The summed E-state index contributed by atoms with van der Waals surface area (Å²) < 4.78 is 3.82. The standard InChI is InChI=1S/C12H13N5/c1-16-7-11(14-15-16)8-17-5-4-9-2-3-10(13)6-12(9)17/h2-7H,8,13H2,1H3. The molecule has 0 radical (unpaired) electrons. The Kier molecular flexibility index (Phi) is 2.11. The van der Waals surface area contributed by atoms with Gasteiger partial charge in [0.1, 0.15) is 5.69 Å². The summed E-state index contributed by atoms with van der Waals surface area (Å²) in [6, 6.07) is 7.99. The summed E-state index contributed by atoms with van der Waals surface area (Å²) >= 11 is 0. The molecular formula is C12H13N5. The third-order valence-corrected chi connectivity index (χ3v) is 2.78. The molecule has 0 spiro atoms. The van der Waals surface area contributed by atoms with Gasteiger partial charge in [0, 0.05) is 25.1 Å². The van der Waals surface area contributed by atoms with Crippen molar-refractivity contribution in [2.75, 3.05) is 5.73 Å². The number of nitrogens with two attached hydrogens (primary N) is 1. The van der Waals surface area contributed by atoms with Crippen molar-refractivity contribution in [3.8, 4) is 0 Å². The van der Waals surface area contributed by atoms with Crippen LogP contribution in [-0.4, -0.2) is 19.6 Å². The monoisotopic (exact) mass is 227 g/mol. The first kappa shape index (κ1) is 9.89. The molecule has 2 heterocycles. The number of hydrogen-bond acceptors (Lipinski definition) is 3. The molecule has 0 aliphatic rings. The maximum Gasteiger partial charge on any atom is 0.102 e. The van der Waals surface area contributed by atoms with Gasteiger partial charge in [0.15, 0.2) is 0 Å². The number of aromatic nitrogens is 4. The lowest BCUT2D eigenvalue weighted by atomic mass is 10.2. The molecule has 0 unspecified atom stereocenters. The van der Waals surface area contributed by atoms with Crippen LogP contribution in [0.4, 0.5) is 5.69 Å². The van der Waals surface area contributed by atoms with Gasteiger partial charge in [-0.1, -0.05) is 11.3 Å². The van der Waals surface area contributed by atoms with Crippen LogP contribution in [0.2, 0.25) is 0 Å². The zero-order valence-corrected chi connectivity index (χ0v) is 9.54. The number of fused-ring (bicyclic) bond motifs is 1. The second-order valence-electron chi connectivity index (χ2n) is 4.15. The maximum absolute atomic E-state index is 5.80. The lowest BCUT2D eigenvalue weighted by Gasteiger charge is -2.02. The molecule has 0 aliphatic heterocycles. The van der Waals surface area contributed by atoms with E-state index in [4.69, 9.17) is 5.73 Å². The van der Waals surface area contributed by atoms with Crippen molar-refractivity contribution in [3.63, 3.8) is 0 Å². The fourth-order valence-electron chi connectivity index (χ4n) is 1.98. The molecule has 0 atom stereocenters. The van der Waals surface area contributed by atoms with Gasteiger partial charge < -0.3 is 10.3 Å². The number of nitrogens with zero attached hydrogens (tertiary/aromatic N) is 4. The minimum atomic E-state index is 0.709. The molecular weight excluding hydrogens is 214 g/mol. The first-order valence-electron chi connectivity index (χ1n) is 5.42. The van der Waals surface area contributed by atoms with Crippen molar-refractivity contribution >= 4 is 16.6 Å². The van der Waals surface area contributed by atoms with E-state index in [9.17, 15) is 0 Å². The van der Waals surface area contributed by atoms with Crippen molar-refractivity contribution in [2.45, 2.75) is 6.54 Å². The fraction of sp³-hybridized carbons (Fsp3) is 0.167. The first-order valence-corrected chi connectivity index (χ1v) is 5.42. The maximum atomic E-state index is 5.80. The van der Waals surface area contributed by atoms with Gasteiger partial charge in [-0.05, 0) is 23.6 Å². The van der Waals surface area contributed by atoms with Crippen molar-refractivity contribution in [3.05, 3.63) is 42.4 Å². The van der Waals surface area contributed by atoms with Crippen molar-refractivity contribution in [1.29, 1.82) is 0 Å². The van der Waals surface area contributed by atoms with E-state index in [-0.39, 0.29) is 0 Å². The smallest absolute Gasteiger partial charge is 0.102 e. The third-order valence-electron chi connectivity index (χ3n) is 2.78. The third kappa shape index (κ3) is 1.75. The van der Waals surface area contributed by atoms with Crippen molar-refractivity contribution in [2.24, 2.45) is 7.05 Å². The zero-order valence-electron chi connectivity index (χ0n) is 9.54. The predicted molar refractivity (Wildman–Crippen MR) is 66.5 cm³/mol. The van der Waals surface area contributed by atoms with Gasteiger partial charge in [-0.15, -0.1) is 5.10 Å². The summed E-state index contributed by atoms with van der Waals surface area (Å²) in [7, 11) is 1.86. The molecule has 3 rings (SSSR count). The minimum Gasteiger partial charge on any atom is -0.399 e. The fourth-order valence-corrected chi connectivity index (χ4v) is 1.98. The molecule has 2 aromatic heterocycles. The Bertz CT molecular complexity index is 664. The number of nitrogen functional groups attached to an aromatic ring is 1. The van der Waals surface area contributed by atoms with Crippen LogP contribution >= 0.6 is 0 Å². The van der Waals surface area contributed by atoms with Crippen LogP contribution in [0.25, 0.3) is 10.9 Å². The summed E-state index contributed by atoms with van der Waals surface area (Å²) in [5, 5.41) is 9.19. The number of hydrogen-bond donors (Lipinski definition) is 1. The Labute approximate surface area is 98.5 Å². The Morgan fingerprint density at radius 1 is 1.29 bits per heavy atom. The summed E-state index contributed by atoms with van der Waals surface area (Å²) in [6.07, 6.45) is 3.96. The SMILES string of the molecule is Cn1cc(Cn2ccc3ccc(N)cc32)nn1. The average Bonchev–Trinajstić information content (AvgIpc) is 2.87. The molecule has 2 N–H and O–H groups in total. The Balaban J connectivity index is 2.03. The average molecular weight is 227 g/mol. The van der Waals surface area contributed by atoms with Crippen molar-refractivity contribution in [1.82, 2.24) is 19.6 Å². The van der Waals surface area contributed by atoms with Gasteiger partial charge in [-0.2, -0.15) is 0 Å². The van der Waals surface area contributed by atoms with E-state index in [0.717, 1.165) is 16.9 Å². The van der Waals surface area contributed by atoms with Crippen molar-refractivity contribution < 1.29 is 0 Å². The van der Waals surface area contributed by atoms with Crippen LogP contribution < -0.4 is 5.73 Å². The lowest BCUT2D eigenvalue weighted by Crippen LogP contribution is -1.98. The molecule has 86 valence electrons. The number of rotatable bonds is 2. The molecule has 0 saturated heterocycles.